The van der Waals surface area contributed by atoms with Gasteiger partial charge in [-0.15, -0.1) is 0 Å². The van der Waals surface area contributed by atoms with E-state index in [2.05, 4.69) is 9.97 Å². The first-order valence-corrected chi connectivity index (χ1v) is 8.76. The van der Waals surface area contributed by atoms with Gasteiger partial charge in [-0.1, -0.05) is 30.2 Å². The smallest absolute Gasteiger partial charge is 0.175 e. The van der Waals surface area contributed by atoms with E-state index in [1.807, 2.05) is 37.3 Å². The maximum Gasteiger partial charge on any atom is 0.175 e. The summed E-state index contributed by atoms with van der Waals surface area (Å²) in [5.41, 5.74) is 8.43. The molecule has 0 spiro atoms. The van der Waals surface area contributed by atoms with E-state index in [0.717, 1.165) is 24.0 Å². The first-order valence-electron chi connectivity index (χ1n) is 8.76. The number of hydrogen-bond acceptors (Lipinski definition) is 4. The van der Waals surface area contributed by atoms with Crippen LogP contribution in [-0.4, -0.2) is 9.97 Å². The molecule has 5 heteroatoms. The Morgan fingerprint density at radius 2 is 1.81 bits per heavy atom. The van der Waals surface area contributed by atoms with Crippen LogP contribution in [0.3, 0.4) is 0 Å². The predicted molar refractivity (Wildman–Crippen MR) is 99.7 cm³/mol. The van der Waals surface area contributed by atoms with Crippen LogP contribution < -0.4 is 10.5 Å². The maximum atomic E-state index is 15.4. The fourth-order valence-corrected chi connectivity index (χ4v) is 3.11. The molecule has 4 nitrogen and oxygen atoms in total. The second-order valence-corrected chi connectivity index (χ2v) is 6.71. The van der Waals surface area contributed by atoms with Crippen LogP contribution in [0.5, 0.6) is 11.5 Å². The van der Waals surface area contributed by atoms with E-state index in [4.69, 9.17) is 10.5 Å². The van der Waals surface area contributed by atoms with E-state index in [-0.39, 0.29) is 5.75 Å². The lowest BCUT2D eigenvalue weighted by molar-refractivity contribution is 0.384. The molecule has 0 radical (unpaired) electrons. The van der Waals surface area contributed by atoms with Crippen molar-refractivity contribution < 1.29 is 9.13 Å². The molecule has 1 fully saturated rings. The SMILES string of the molecule is Cc1ccc(Oc2c(C3CCC3)ccc(-c3cnc(N)cn3)c2F)cc1. The molecule has 1 aliphatic rings. The number of nitrogens with two attached hydrogens (primary N) is 1. The van der Waals surface area contributed by atoms with Crippen molar-refractivity contribution in [2.45, 2.75) is 32.1 Å². The Labute approximate surface area is 151 Å². The van der Waals surface area contributed by atoms with Crippen molar-refractivity contribution >= 4 is 5.82 Å². The lowest BCUT2D eigenvalue weighted by Crippen LogP contribution is -2.11. The number of halogens is 1. The van der Waals surface area contributed by atoms with Crippen LogP contribution in [0.4, 0.5) is 10.2 Å². The van der Waals surface area contributed by atoms with Gasteiger partial charge in [0.15, 0.2) is 11.6 Å². The zero-order valence-electron chi connectivity index (χ0n) is 14.6. The van der Waals surface area contributed by atoms with Gasteiger partial charge in [0.1, 0.15) is 11.6 Å². The molecule has 1 aliphatic carbocycles. The standard InChI is InChI=1S/C21H20FN3O/c1-13-5-7-15(8-6-13)26-21-16(14-3-2-4-14)9-10-17(20(21)22)18-11-25-19(23)12-24-18/h5-12,14H,2-4H2,1H3,(H2,23,25). The zero-order chi connectivity index (χ0) is 18.1. The maximum absolute atomic E-state index is 15.4. The van der Waals surface area contributed by atoms with Crippen LogP contribution in [0.25, 0.3) is 11.3 Å². The summed E-state index contributed by atoms with van der Waals surface area (Å²) in [5.74, 6) is 1.15. The fraction of sp³-hybridized carbons (Fsp3) is 0.238. The van der Waals surface area contributed by atoms with Crippen molar-refractivity contribution in [1.29, 1.82) is 0 Å². The minimum atomic E-state index is -0.408. The Morgan fingerprint density at radius 1 is 1.04 bits per heavy atom. The molecule has 2 aromatic carbocycles. The van der Waals surface area contributed by atoms with E-state index >= 15 is 4.39 Å². The number of rotatable bonds is 4. The molecule has 0 amide bonds. The number of aromatic nitrogens is 2. The van der Waals surface area contributed by atoms with Crippen molar-refractivity contribution in [2.24, 2.45) is 0 Å². The molecule has 26 heavy (non-hydrogen) atoms. The number of nitrogen functional groups attached to an aromatic ring is 1. The van der Waals surface area contributed by atoms with Crippen LogP contribution in [-0.2, 0) is 0 Å². The second kappa shape index (κ2) is 6.75. The number of benzene rings is 2. The molecule has 132 valence electrons. The highest BCUT2D eigenvalue weighted by atomic mass is 19.1. The van der Waals surface area contributed by atoms with E-state index in [9.17, 15) is 0 Å². The van der Waals surface area contributed by atoms with Gasteiger partial charge in [-0.25, -0.2) is 9.37 Å². The third-order valence-electron chi connectivity index (χ3n) is 4.86. The summed E-state index contributed by atoms with van der Waals surface area (Å²) >= 11 is 0. The Morgan fingerprint density at radius 3 is 2.42 bits per heavy atom. The van der Waals surface area contributed by atoms with Crippen molar-refractivity contribution in [1.82, 2.24) is 9.97 Å². The van der Waals surface area contributed by atoms with Crippen molar-refractivity contribution in [2.75, 3.05) is 5.73 Å². The second-order valence-electron chi connectivity index (χ2n) is 6.71. The molecule has 0 atom stereocenters. The normalized spacial score (nSPS) is 14.1. The summed E-state index contributed by atoms with van der Waals surface area (Å²) in [5, 5.41) is 0. The minimum Gasteiger partial charge on any atom is -0.454 e. The summed E-state index contributed by atoms with van der Waals surface area (Å²) in [6.07, 6.45) is 6.19. The van der Waals surface area contributed by atoms with E-state index in [1.165, 1.54) is 18.8 Å². The molecule has 3 aromatic rings. The van der Waals surface area contributed by atoms with Crippen LogP contribution in [0.15, 0.2) is 48.8 Å². The summed E-state index contributed by atoms with van der Waals surface area (Å²) in [6, 6.07) is 11.3. The third kappa shape index (κ3) is 3.12. The number of aryl methyl sites for hydroxylation is 1. The van der Waals surface area contributed by atoms with Gasteiger partial charge in [0.05, 0.1) is 18.1 Å². The average Bonchev–Trinajstić information content (AvgIpc) is 2.59. The fourth-order valence-electron chi connectivity index (χ4n) is 3.11. The van der Waals surface area contributed by atoms with E-state index in [0.29, 0.717) is 28.7 Å². The Hall–Kier alpha value is -2.95. The van der Waals surface area contributed by atoms with Crippen LogP contribution in [0.2, 0.25) is 0 Å². The van der Waals surface area contributed by atoms with Crippen LogP contribution in [0, 0.1) is 12.7 Å². The van der Waals surface area contributed by atoms with E-state index < -0.39 is 5.82 Å². The monoisotopic (exact) mass is 349 g/mol. The quantitative estimate of drug-likeness (QED) is 0.700. The van der Waals surface area contributed by atoms with Gasteiger partial charge < -0.3 is 10.5 Å². The summed E-state index contributed by atoms with van der Waals surface area (Å²) in [7, 11) is 0. The van der Waals surface area contributed by atoms with Gasteiger partial charge in [-0.05, 0) is 43.9 Å². The highest BCUT2D eigenvalue weighted by Gasteiger charge is 2.27. The average molecular weight is 349 g/mol. The molecule has 4 rings (SSSR count). The zero-order valence-corrected chi connectivity index (χ0v) is 14.6. The van der Waals surface area contributed by atoms with Crippen molar-refractivity contribution in [3.8, 4) is 22.8 Å². The van der Waals surface area contributed by atoms with Gasteiger partial charge in [0.2, 0.25) is 0 Å². The number of hydrogen-bond donors (Lipinski definition) is 1. The molecule has 0 aliphatic heterocycles. The van der Waals surface area contributed by atoms with Crippen molar-refractivity contribution in [3.05, 3.63) is 65.7 Å². The molecule has 1 aromatic heterocycles. The first kappa shape index (κ1) is 16.5. The molecule has 0 saturated heterocycles. The molecule has 1 heterocycles. The molecular weight excluding hydrogens is 329 g/mol. The lowest BCUT2D eigenvalue weighted by atomic mass is 9.79. The Kier molecular flexibility index (Phi) is 4.29. The molecule has 1 saturated carbocycles. The largest absolute Gasteiger partial charge is 0.454 e. The topological polar surface area (TPSA) is 61.0 Å². The number of ether oxygens (including phenoxy) is 1. The summed E-state index contributed by atoms with van der Waals surface area (Å²) in [6.45, 7) is 2.00. The minimum absolute atomic E-state index is 0.287. The number of anilines is 1. The number of nitrogens with zero attached hydrogens (tertiary/aromatic N) is 2. The molecule has 0 unspecified atom stereocenters. The van der Waals surface area contributed by atoms with Gasteiger partial charge in [-0.2, -0.15) is 0 Å². The van der Waals surface area contributed by atoms with Crippen LogP contribution >= 0.6 is 0 Å². The Balaban J connectivity index is 1.78. The highest BCUT2D eigenvalue weighted by molar-refractivity contribution is 5.64. The van der Waals surface area contributed by atoms with E-state index in [1.54, 1.807) is 6.07 Å². The van der Waals surface area contributed by atoms with Gasteiger partial charge in [0.25, 0.3) is 0 Å². The Bertz CT molecular complexity index is 919. The summed E-state index contributed by atoms with van der Waals surface area (Å²) < 4.78 is 21.4. The predicted octanol–water partition coefficient (Wildman–Crippen LogP) is 5.23. The van der Waals surface area contributed by atoms with Gasteiger partial charge in [-0.3, -0.25) is 4.98 Å². The van der Waals surface area contributed by atoms with Gasteiger partial charge >= 0.3 is 0 Å². The van der Waals surface area contributed by atoms with Crippen molar-refractivity contribution in [3.63, 3.8) is 0 Å². The van der Waals surface area contributed by atoms with Gasteiger partial charge in [0, 0.05) is 11.1 Å². The third-order valence-corrected chi connectivity index (χ3v) is 4.86. The lowest BCUT2D eigenvalue weighted by Gasteiger charge is -2.28. The first-order chi connectivity index (χ1) is 12.6. The molecular formula is C21H20FN3O. The summed E-state index contributed by atoms with van der Waals surface area (Å²) in [4.78, 5) is 8.21. The van der Waals surface area contributed by atoms with Crippen LogP contribution in [0.1, 0.15) is 36.3 Å². The molecule has 0 bridgehead atoms. The molecule has 2 N–H and O–H groups in total. The highest BCUT2D eigenvalue weighted by Crippen LogP contribution is 2.45.